The van der Waals surface area contributed by atoms with E-state index in [1.54, 1.807) is 12.2 Å². The monoisotopic (exact) mass is 140 g/mol. The van der Waals surface area contributed by atoms with Gasteiger partial charge in [-0.3, -0.25) is 0 Å². The molecular formula is C9H13F. The Kier molecular flexibility index (Phi) is 4.55. The summed E-state index contributed by atoms with van der Waals surface area (Å²) in [7, 11) is 0. The fraction of sp³-hybridized carbons (Fsp3) is 0.333. The molecule has 0 atom stereocenters. The predicted molar refractivity (Wildman–Crippen MR) is 43.4 cm³/mol. The molecule has 0 bridgehead atoms. The molecule has 0 aromatic heterocycles. The third kappa shape index (κ3) is 3.23. The molecule has 0 radical (unpaired) electrons. The molecule has 1 heteroatoms. The lowest BCUT2D eigenvalue weighted by Gasteiger charge is -1.91. The van der Waals surface area contributed by atoms with Crippen LogP contribution >= 0.6 is 0 Å². The van der Waals surface area contributed by atoms with E-state index in [4.69, 9.17) is 0 Å². The van der Waals surface area contributed by atoms with E-state index in [9.17, 15) is 4.39 Å². The lowest BCUT2D eigenvalue weighted by molar-refractivity contribution is 0.634. The van der Waals surface area contributed by atoms with E-state index in [2.05, 4.69) is 0 Å². The molecule has 0 unspecified atom stereocenters. The van der Waals surface area contributed by atoms with Gasteiger partial charge < -0.3 is 0 Å². The summed E-state index contributed by atoms with van der Waals surface area (Å²) in [6, 6.07) is 0. The van der Waals surface area contributed by atoms with Gasteiger partial charge in [-0.1, -0.05) is 24.3 Å². The maximum absolute atomic E-state index is 12.5. The van der Waals surface area contributed by atoms with Crippen molar-refractivity contribution in [3.05, 3.63) is 35.7 Å². The molecule has 0 fully saturated rings. The Morgan fingerprint density at radius 1 is 1.10 bits per heavy atom. The lowest BCUT2D eigenvalue weighted by Crippen LogP contribution is -1.73. The van der Waals surface area contributed by atoms with Crippen molar-refractivity contribution in [3.63, 3.8) is 0 Å². The molecule has 0 aliphatic rings. The highest BCUT2D eigenvalue weighted by molar-refractivity contribution is 5.31. The number of halogens is 1. The van der Waals surface area contributed by atoms with Gasteiger partial charge in [0.05, 0.1) is 0 Å². The zero-order valence-corrected chi connectivity index (χ0v) is 6.69. The molecule has 0 amide bonds. The second-order valence-corrected chi connectivity index (χ2v) is 1.99. The van der Waals surface area contributed by atoms with Crippen molar-refractivity contribution in [2.45, 2.75) is 20.8 Å². The molecular weight excluding hydrogens is 127 g/mol. The third-order valence-corrected chi connectivity index (χ3v) is 1.09. The van der Waals surface area contributed by atoms with Crippen LogP contribution in [0.5, 0.6) is 0 Å². The summed E-state index contributed by atoms with van der Waals surface area (Å²) in [5.74, 6) is -0.142. The molecule has 0 rings (SSSR count). The average Bonchev–Trinajstić information content (AvgIpc) is 1.87. The smallest absolute Gasteiger partial charge is 0.104 e. The molecule has 10 heavy (non-hydrogen) atoms. The number of hydrogen-bond acceptors (Lipinski definition) is 0. The Morgan fingerprint density at radius 2 is 1.50 bits per heavy atom. The molecule has 0 spiro atoms. The van der Waals surface area contributed by atoms with Gasteiger partial charge in [-0.05, 0) is 20.8 Å². The van der Waals surface area contributed by atoms with Crippen LogP contribution in [0.25, 0.3) is 0 Å². The van der Waals surface area contributed by atoms with E-state index in [1.165, 1.54) is 6.92 Å². The van der Waals surface area contributed by atoms with Crippen LogP contribution in [-0.4, -0.2) is 0 Å². The summed E-state index contributed by atoms with van der Waals surface area (Å²) >= 11 is 0. The molecule has 0 saturated heterocycles. The van der Waals surface area contributed by atoms with Crippen molar-refractivity contribution >= 4 is 0 Å². The highest BCUT2D eigenvalue weighted by Gasteiger charge is 1.89. The zero-order valence-electron chi connectivity index (χ0n) is 6.69. The van der Waals surface area contributed by atoms with E-state index < -0.39 is 0 Å². The van der Waals surface area contributed by atoms with E-state index in [1.807, 2.05) is 26.0 Å². The fourth-order valence-electron chi connectivity index (χ4n) is 0.644. The van der Waals surface area contributed by atoms with Gasteiger partial charge in [0.1, 0.15) is 5.83 Å². The van der Waals surface area contributed by atoms with Crippen molar-refractivity contribution in [2.75, 3.05) is 0 Å². The third-order valence-electron chi connectivity index (χ3n) is 1.09. The standard InChI is InChI=1S/C9H13F/c1-4-6-9(7-5-2)8(3)10/h4-7H,1-3H3/b6-4-,7-5+,9-8-. The molecule has 0 aromatic rings. The van der Waals surface area contributed by atoms with Gasteiger partial charge in [0.2, 0.25) is 0 Å². The molecule has 0 N–H and O–H groups in total. The molecule has 0 nitrogen and oxygen atoms in total. The minimum absolute atomic E-state index is 0.142. The van der Waals surface area contributed by atoms with Crippen molar-refractivity contribution in [1.29, 1.82) is 0 Å². The maximum atomic E-state index is 12.5. The van der Waals surface area contributed by atoms with Crippen molar-refractivity contribution in [2.24, 2.45) is 0 Å². The number of rotatable bonds is 2. The molecule has 0 heterocycles. The van der Waals surface area contributed by atoms with Crippen LogP contribution in [0.3, 0.4) is 0 Å². The minimum atomic E-state index is -0.142. The van der Waals surface area contributed by atoms with Crippen molar-refractivity contribution in [3.8, 4) is 0 Å². The van der Waals surface area contributed by atoms with Crippen LogP contribution in [0.2, 0.25) is 0 Å². The second kappa shape index (κ2) is 4.98. The van der Waals surface area contributed by atoms with Gasteiger partial charge in [0, 0.05) is 5.57 Å². The van der Waals surface area contributed by atoms with Gasteiger partial charge in [0.25, 0.3) is 0 Å². The summed E-state index contributed by atoms with van der Waals surface area (Å²) in [6.45, 7) is 5.19. The lowest BCUT2D eigenvalue weighted by atomic mass is 10.2. The van der Waals surface area contributed by atoms with Gasteiger partial charge >= 0.3 is 0 Å². The van der Waals surface area contributed by atoms with Gasteiger partial charge in [0.15, 0.2) is 0 Å². The van der Waals surface area contributed by atoms with E-state index >= 15 is 0 Å². The van der Waals surface area contributed by atoms with Crippen LogP contribution in [0, 0.1) is 0 Å². The van der Waals surface area contributed by atoms with Gasteiger partial charge in [-0.2, -0.15) is 0 Å². The maximum Gasteiger partial charge on any atom is 0.104 e. The van der Waals surface area contributed by atoms with Crippen LogP contribution in [-0.2, 0) is 0 Å². The molecule has 0 aromatic carbocycles. The number of hydrogen-bond donors (Lipinski definition) is 0. The Labute approximate surface area is 61.8 Å². The quantitative estimate of drug-likeness (QED) is 0.516. The Morgan fingerprint density at radius 3 is 1.70 bits per heavy atom. The van der Waals surface area contributed by atoms with Gasteiger partial charge in [-0.15, -0.1) is 0 Å². The van der Waals surface area contributed by atoms with E-state index in [0.29, 0.717) is 5.57 Å². The highest BCUT2D eigenvalue weighted by atomic mass is 19.1. The predicted octanol–water partition coefficient (Wildman–Crippen LogP) is 3.38. The Bertz CT molecular complexity index is 155. The SMILES string of the molecule is C\C=C/C(/C=C/C)=C(\C)F. The van der Waals surface area contributed by atoms with Crippen LogP contribution < -0.4 is 0 Å². The topological polar surface area (TPSA) is 0 Å². The number of allylic oxidation sites excluding steroid dienone is 6. The summed E-state index contributed by atoms with van der Waals surface area (Å²) < 4.78 is 12.5. The van der Waals surface area contributed by atoms with Gasteiger partial charge in [-0.25, -0.2) is 4.39 Å². The zero-order chi connectivity index (χ0) is 7.98. The Hall–Kier alpha value is -0.850. The summed E-state index contributed by atoms with van der Waals surface area (Å²) in [6.07, 6.45) is 7.13. The van der Waals surface area contributed by atoms with Crippen LogP contribution in [0.15, 0.2) is 35.7 Å². The molecule has 0 aliphatic carbocycles. The highest BCUT2D eigenvalue weighted by Crippen LogP contribution is 2.08. The largest absolute Gasteiger partial charge is 0.211 e. The average molecular weight is 140 g/mol. The molecule has 0 aliphatic heterocycles. The van der Waals surface area contributed by atoms with Crippen molar-refractivity contribution < 1.29 is 4.39 Å². The van der Waals surface area contributed by atoms with E-state index in [0.717, 1.165) is 0 Å². The summed E-state index contributed by atoms with van der Waals surface area (Å²) in [4.78, 5) is 0. The molecule has 56 valence electrons. The van der Waals surface area contributed by atoms with Crippen LogP contribution in [0.1, 0.15) is 20.8 Å². The first-order valence-corrected chi connectivity index (χ1v) is 3.34. The second-order valence-electron chi connectivity index (χ2n) is 1.99. The van der Waals surface area contributed by atoms with E-state index in [-0.39, 0.29) is 5.83 Å². The summed E-state index contributed by atoms with van der Waals surface area (Å²) in [5, 5.41) is 0. The minimum Gasteiger partial charge on any atom is -0.211 e. The fourth-order valence-corrected chi connectivity index (χ4v) is 0.644. The van der Waals surface area contributed by atoms with Crippen molar-refractivity contribution in [1.82, 2.24) is 0 Å². The first kappa shape index (κ1) is 9.15. The first-order valence-electron chi connectivity index (χ1n) is 3.34. The Balaban J connectivity index is 4.43. The van der Waals surface area contributed by atoms with Crippen LogP contribution in [0.4, 0.5) is 4.39 Å². The summed E-state index contributed by atoms with van der Waals surface area (Å²) in [5.41, 5.74) is 0.644. The first-order chi connectivity index (χ1) is 4.72. The molecule has 0 saturated carbocycles. The normalized spacial score (nSPS) is 14.8.